The third kappa shape index (κ3) is 5.89. The van der Waals surface area contributed by atoms with Gasteiger partial charge >= 0.3 is 8.60 Å². The highest BCUT2D eigenvalue weighted by Crippen LogP contribution is 2.32. The van der Waals surface area contributed by atoms with E-state index in [1.165, 1.54) is 12.1 Å². The molecular formula is C11H15BrFO3P. The van der Waals surface area contributed by atoms with Crippen LogP contribution < -0.4 is 0 Å². The van der Waals surface area contributed by atoms with Crippen molar-refractivity contribution in [2.24, 2.45) is 0 Å². The average Bonchev–Trinajstić information content (AvgIpc) is 2.28. The SMILES string of the molecule is CCOP(O)OCCc1cc(F)cc(CBr)c1. The van der Waals surface area contributed by atoms with E-state index in [2.05, 4.69) is 15.9 Å². The largest absolute Gasteiger partial charge is 0.329 e. The average molecular weight is 325 g/mol. The Balaban J connectivity index is 2.43. The number of hydrogen-bond acceptors (Lipinski definition) is 3. The lowest BCUT2D eigenvalue weighted by Crippen LogP contribution is -1.98. The van der Waals surface area contributed by atoms with Gasteiger partial charge in [-0.05, 0) is 36.6 Å². The second kappa shape index (κ2) is 8.11. The van der Waals surface area contributed by atoms with E-state index in [0.29, 0.717) is 25.0 Å². The molecule has 0 bridgehead atoms. The molecule has 0 saturated carbocycles. The highest BCUT2D eigenvalue weighted by molar-refractivity contribution is 9.08. The van der Waals surface area contributed by atoms with Gasteiger partial charge in [0.05, 0.1) is 13.2 Å². The Morgan fingerprint density at radius 1 is 1.29 bits per heavy atom. The smallest absolute Gasteiger partial charge is 0.328 e. The van der Waals surface area contributed by atoms with Crippen molar-refractivity contribution >= 4 is 24.5 Å². The molecule has 1 rings (SSSR count). The van der Waals surface area contributed by atoms with Crippen LogP contribution in [0.15, 0.2) is 18.2 Å². The summed E-state index contributed by atoms with van der Waals surface area (Å²) in [5.74, 6) is -0.256. The molecule has 0 saturated heterocycles. The van der Waals surface area contributed by atoms with Crippen LogP contribution in [0.2, 0.25) is 0 Å². The van der Waals surface area contributed by atoms with E-state index in [1.54, 1.807) is 6.92 Å². The third-order valence-electron chi connectivity index (χ3n) is 2.00. The van der Waals surface area contributed by atoms with Gasteiger partial charge in [-0.15, -0.1) is 0 Å². The number of rotatable bonds is 7. The highest BCUT2D eigenvalue weighted by atomic mass is 79.9. The Morgan fingerprint density at radius 3 is 2.65 bits per heavy atom. The Bertz CT molecular complexity index is 351. The van der Waals surface area contributed by atoms with E-state index >= 15 is 0 Å². The Kier molecular flexibility index (Phi) is 7.16. The zero-order chi connectivity index (χ0) is 12.7. The van der Waals surface area contributed by atoms with Gasteiger partial charge in [0.15, 0.2) is 0 Å². The summed E-state index contributed by atoms with van der Waals surface area (Å²) in [7, 11) is -1.80. The summed E-state index contributed by atoms with van der Waals surface area (Å²) in [6.07, 6.45) is 0.546. The van der Waals surface area contributed by atoms with Gasteiger partial charge < -0.3 is 13.9 Å². The number of hydrogen-bond donors (Lipinski definition) is 1. The van der Waals surface area contributed by atoms with Crippen molar-refractivity contribution in [3.05, 3.63) is 35.1 Å². The van der Waals surface area contributed by atoms with Crippen molar-refractivity contribution in [2.75, 3.05) is 13.2 Å². The maximum Gasteiger partial charge on any atom is 0.329 e. The summed E-state index contributed by atoms with van der Waals surface area (Å²) in [6, 6.07) is 4.86. The van der Waals surface area contributed by atoms with Crippen LogP contribution in [-0.2, 0) is 20.8 Å². The standard InChI is InChI=1S/C11H15BrFO3P/c1-2-15-17(14)16-4-3-9-5-10(8-12)7-11(13)6-9/h5-7,14H,2-4,8H2,1H3. The van der Waals surface area contributed by atoms with Crippen LogP contribution in [-0.4, -0.2) is 18.1 Å². The summed E-state index contributed by atoms with van der Waals surface area (Å²) in [5.41, 5.74) is 1.73. The molecule has 0 amide bonds. The third-order valence-corrected chi connectivity index (χ3v) is 3.53. The minimum Gasteiger partial charge on any atom is -0.328 e. The Labute approximate surface area is 110 Å². The maximum atomic E-state index is 13.2. The fraction of sp³-hybridized carbons (Fsp3) is 0.455. The molecule has 0 heterocycles. The predicted molar refractivity (Wildman–Crippen MR) is 69.5 cm³/mol. The predicted octanol–water partition coefficient (Wildman–Crippen LogP) is 3.54. The lowest BCUT2D eigenvalue weighted by atomic mass is 10.1. The van der Waals surface area contributed by atoms with Crippen molar-refractivity contribution < 1.29 is 18.3 Å². The minimum atomic E-state index is -1.80. The fourth-order valence-electron chi connectivity index (χ4n) is 1.33. The van der Waals surface area contributed by atoms with Crippen molar-refractivity contribution in [3.8, 4) is 0 Å². The van der Waals surface area contributed by atoms with Crippen molar-refractivity contribution in [2.45, 2.75) is 18.7 Å². The second-order valence-corrected chi connectivity index (χ2v) is 4.89. The zero-order valence-corrected chi connectivity index (χ0v) is 12.0. The van der Waals surface area contributed by atoms with E-state index in [4.69, 9.17) is 9.05 Å². The molecule has 0 radical (unpaired) electrons. The number of halogens is 2. The molecule has 6 heteroatoms. The molecule has 96 valence electrons. The summed E-state index contributed by atoms with van der Waals surface area (Å²) in [4.78, 5) is 9.22. The van der Waals surface area contributed by atoms with Gasteiger partial charge in [0, 0.05) is 5.33 Å². The van der Waals surface area contributed by atoms with E-state index in [0.717, 1.165) is 11.1 Å². The molecule has 17 heavy (non-hydrogen) atoms. The summed E-state index contributed by atoms with van der Waals surface area (Å²) >= 11 is 3.28. The summed E-state index contributed by atoms with van der Waals surface area (Å²) in [6.45, 7) is 2.51. The highest BCUT2D eigenvalue weighted by Gasteiger charge is 2.06. The van der Waals surface area contributed by atoms with Gasteiger partial charge in [0.1, 0.15) is 5.82 Å². The van der Waals surface area contributed by atoms with Crippen LogP contribution in [0.5, 0.6) is 0 Å². The molecular weight excluding hydrogens is 310 g/mol. The van der Waals surface area contributed by atoms with Gasteiger partial charge in [-0.1, -0.05) is 22.0 Å². The van der Waals surface area contributed by atoms with E-state index in [9.17, 15) is 9.28 Å². The molecule has 0 spiro atoms. The summed E-state index contributed by atoms with van der Waals surface area (Å²) in [5, 5.41) is 0.615. The van der Waals surface area contributed by atoms with Gasteiger partial charge in [0.2, 0.25) is 0 Å². The normalized spacial score (nSPS) is 12.7. The Hall–Kier alpha value is -0.0600. The fourth-order valence-corrected chi connectivity index (χ4v) is 2.19. The first-order chi connectivity index (χ1) is 8.15. The Morgan fingerprint density at radius 2 is 2.00 bits per heavy atom. The topological polar surface area (TPSA) is 38.7 Å². The number of benzene rings is 1. The van der Waals surface area contributed by atoms with Crippen LogP contribution >= 0.6 is 24.5 Å². The van der Waals surface area contributed by atoms with Crippen LogP contribution in [0, 0.1) is 5.82 Å². The van der Waals surface area contributed by atoms with Gasteiger partial charge in [-0.2, -0.15) is 0 Å². The lowest BCUT2D eigenvalue weighted by Gasteiger charge is -2.09. The molecule has 3 nitrogen and oxygen atoms in total. The monoisotopic (exact) mass is 324 g/mol. The van der Waals surface area contributed by atoms with Gasteiger partial charge in [-0.3, -0.25) is 0 Å². The first kappa shape index (κ1) is 15.0. The van der Waals surface area contributed by atoms with E-state index < -0.39 is 8.60 Å². The van der Waals surface area contributed by atoms with E-state index in [1.807, 2.05) is 6.07 Å². The van der Waals surface area contributed by atoms with Gasteiger partial charge in [-0.25, -0.2) is 4.39 Å². The molecule has 0 aliphatic heterocycles. The molecule has 1 aromatic rings. The molecule has 1 unspecified atom stereocenters. The molecule has 0 aliphatic rings. The molecule has 1 N–H and O–H groups in total. The first-order valence-corrected chi connectivity index (χ1v) is 7.50. The van der Waals surface area contributed by atoms with Crippen LogP contribution in [0.25, 0.3) is 0 Å². The molecule has 0 fully saturated rings. The second-order valence-electron chi connectivity index (χ2n) is 3.34. The van der Waals surface area contributed by atoms with Crippen LogP contribution in [0.4, 0.5) is 4.39 Å². The molecule has 1 aromatic carbocycles. The van der Waals surface area contributed by atoms with Crippen molar-refractivity contribution in [1.82, 2.24) is 0 Å². The molecule has 0 aromatic heterocycles. The minimum absolute atomic E-state index is 0.256. The van der Waals surface area contributed by atoms with Crippen molar-refractivity contribution in [3.63, 3.8) is 0 Å². The molecule has 1 atom stereocenters. The summed E-state index contributed by atoms with van der Waals surface area (Å²) < 4.78 is 23.1. The van der Waals surface area contributed by atoms with Crippen molar-refractivity contribution in [1.29, 1.82) is 0 Å². The quantitative estimate of drug-likeness (QED) is 0.616. The molecule has 0 aliphatic carbocycles. The number of alkyl halides is 1. The lowest BCUT2D eigenvalue weighted by molar-refractivity contribution is 0.209. The zero-order valence-electron chi connectivity index (χ0n) is 9.53. The maximum absolute atomic E-state index is 13.2. The van der Waals surface area contributed by atoms with Gasteiger partial charge in [0.25, 0.3) is 0 Å². The first-order valence-electron chi connectivity index (χ1n) is 5.25. The van der Waals surface area contributed by atoms with E-state index in [-0.39, 0.29) is 5.82 Å². The van der Waals surface area contributed by atoms with Crippen LogP contribution in [0.1, 0.15) is 18.1 Å². The van der Waals surface area contributed by atoms with Crippen LogP contribution in [0.3, 0.4) is 0 Å².